The number of aromatic nitrogens is 3. The lowest BCUT2D eigenvalue weighted by Gasteiger charge is -2.05. The quantitative estimate of drug-likeness (QED) is 0.778. The summed E-state index contributed by atoms with van der Waals surface area (Å²) in [6, 6.07) is 4.89. The minimum atomic E-state index is -0.347. The van der Waals surface area contributed by atoms with Crippen LogP contribution < -0.4 is 5.90 Å². The molecule has 2 N–H and O–H groups in total. The van der Waals surface area contributed by atoms with E-state index >= 15 is 0 Å². The zero-order valence-electron chi connectivity index (χ0n) is 8.51. The fraction of sp³-hybridized carbons (Fsp3) is 0.200. The van der Waals surface area contributed by atoms with Gasteiger partial charge in [-0.25, -0.2) is 20.0 Å². The molecule has 0 aliphatic rings. The van der Waals surface area contributed by atoms with Gasteiger partial charge in [0.05, 0.1) is 6.61 Å². The molecule has 0 saturated carbocycles. The van der Waals surface area contributed by atoms with Gasteiger partial charge in [-0.3, -0.25) is 0 Å². The van der Waals surface area contributed by atoms with Crippen molar-refractivity contribution >= 4 is 0 Å². The van der Waals surface area contributed by atoms with Gasteiger partial charge in [0.2, 0.25) is 0 Å². The highest BCUT2D eigenvalue weighted by atomic mass is 19.1. The van der Waals surface area contributed by atoms with Crippen LogP contribution in [-0.2, 0) is 11.3 Å². The minimum absolute atomic E-state index is 0.347. The van der Waals surface area contributed by atoms with Crippen LogP contribution in [0, 0.1) is 5.82 Å². The predicted molar refractivity (Wildman–Crippen MR) is 55.2 cm³/mol. The highest BCUT2D eigenvalue weighted by Gasteiger charge is 2.06. The summed E-state index contributed by atoms with van der Waals surface area (Å²) < 4.78 is 15.1. The largest absolute Gasteiger partial charge is 0.304 e. The highest BCUT2D eigenvalue weighted by molar-refractivity contribution is 5.35. The molecule has 84 valence electrons. The molecule has 0 amide bonds. The first-order valence-corrected chi connectivity index (χ1v) is 4.76. The Morgan fingerprint density at radius 1 is 1.44 bits per heavy atom. The summed E-state index contributed by atoms with van der Waals surface area (Å²) in [5, 5.41) is 3.86. The van der Waals surface area contributed by atoms with Crippen molar-refractivity contribution in [3.05, 3.63) is 42.2 Å². The summed E-state index contributed by atoms with van der Waals surface area (Å²) in [5.74, 6) is 4.56. The Kier molecular flexibility index (Phi) is 3.23. The summed E-state index contributed by atoms with van der Waals surface area (Å²) in [6.07, 6.45) is 3.38. The second kappa shape index (κ2) is 4.82. The first-order chi connectivity index (χ1) is 7.81. The van der Waals surface area contributed by atoms with Gasteiger partial charge in [0.25, 0.3) is 0 Å². The Hall–Kier alpha value is -1.79. The topological polar surface area (TPSA) is 66.0 Å². The van der Waals surface area contributed by atoms with Gasteiger partial charge in [-0.05, 0) is 24.1 Å². The van der Waals surface area contributed by atoms with Crippen LogP contribution in [0.5, 0.6) is 0 Å². The van der Waals surface area contributed by atoms with Gasteiger partial charge in [0.15, 0.2) is 0 Å². The molecule has 16 heavy (non-hydrogen) atoms. The lowest BCUT2D eigenvalue weighted by molar-refractivity contribution is 0.141. The summed E-state index contributed by atoms with van der Waals surface area (Å²) in [4.78, 5) is 8.20. The zero-order valence-corrected chi connectivity index (χ0v) is 8.51. The third-order valence-electron chi connectivity index (χ3n) is 2.19. The van der Waals surface area contributed by atoms with Crippen molar-refractivity contribution in [3.63, 3.8) is 0 Å². The van der Waals surface area contributed by atoms with Crippen molar-refractivity contribution < 1.29 is 9.23 Å². The monoisotopic (exact) mass is 222 g/mol. The van der Waals surface area contributed by atoms with Gasteiger partial charge in [0.1, 0.15) is 24.2 Å². The van der Waals surface area contributed by atoms with Crippen molar-refractivity contribution in [2.24, 2.45) is 5.90 Å². The van der Waals surface area contributed by atoms with E-state index in [-0.39, 0.29) is 5.82 Å². The number of halogens is 1. The van der Waals surface area contributed by atoms with Crippen LogP contribution in [0.4, 0.5) is 4.39 Å². The molecule has 2 aromatic rings. The third kappa shape index (κ3) is 2.23. The van der Waals surface area contributed by atoms with E-state index in [1.807, 2.05) is 0 Å². The van der Waals surface area contributed by atoms with E-state index < -0.39 is 0 Å². The van der Waals surface area contributed by atoms with Crippen LogP contribution in [0.15, 0.2) is 30.9 Å². The molecule has 0 saturated heterocycles. The normalized spacial score (nSPS) is 10.6. The Morgan fingerprint density at radius 2 is 2.31 bits per heavy atom. The van der Waals surface area contributed by atoms with Crippen molar-refractivity contribution in [3.8, 4) is 5.69 Å². The molecule has 0 bridgehead atoms. The van der Waals surface area contributed by atoms with Gasteiger partial charge < -0.3 is 4.84 Å². The molecule has 0 unspecified atom stereocenters. The lowest BCUT2D eigenvalue weighted by atomic mass is 10.1. The van der Waals surface area contributed by atoms with Crippen LogP contribution in [0.1, 0.15) is 5.56 Å². The summed E-state index contributed by atoms with van der Waals surface area (Å²) in [6.45, 7) is 0.363. The van der Waals surface area contributed by atoms with Crippen molar-refractivity contribution in [2.75, 3.05) is 6.61 Å². The number of benzene rings is 1. The van der Waals surface area contributed by atoms with E-state index in [1.165, 1.54) is 23.4 Å². The lowest BCUT2D eigenvalue weighted by Crippen LogP contribution is -2.05. The molecule has 0 radical (unpaired) electrons. The van der Waals surface area contributed by atoms with Crippen LogP contribution in [0.25, 0.3) is 5.69 Å². The number of rotatable bonds is 4. The number of nitrogens with zero attached hydrogens (tertiary/aromatic N) is 3. The fourth-order valence-electron chi connectivity index (χ4n) is 1.40. The summed E-state index contributed by atoms with van der Waals surface area (Å²) in [5.41, 5.74) is 1.20. The van der Waals surface area contributed by atoms with E-state index in [9.17, 15) is 4.39 Å². The Labute approximate surface area is 91.6 Å². The van der Waals surface area contributed by atoms with Crippen LogP contribution in [0.2, 0.25) is 0 Å². The van der Waals surface area contributed by atoms with Crippen LogP contribution in [-0.4, -0.2) is 21.4 Å². The molecule has 1 aromatic carbocycles. The van der Waals surface area contributed by atoms with Gasteiger partial charge in [-0.15, -0.1) is 0 Å². The molecule has 0 fully saturated rings. The van der Waals surface area contributed by atoms with Crippen LogP contribution in [0.3, 0.4) is 0 Å². The maximum absolute atomic E-state index is 13.7. The molecule has 0 aliphatic heterocycles. The molecule has 6 heteroatoms. The molecular weight excluding hydrogens is 211 g/mol. The second-order valence-corrected chi connectivity index (χ2v) is 3.25. The molecular formula is C10H11FN4O. The van der Waals surface area contributed by atoms with Crippen molar-refractivity contribution in [1.82, 2.24) is 14.8 Å². The highest BCUT2D eigenvalue weighted by Crippen LogP contribution is 2.14. The van der Waals surface area contributed by atoms with E-state index in [1.54, 1.807) is 12.1 Å². The third-order valence-corrected chi connectivity index (χ3v) is 2.19. The smallest absolute Gasteiger partial charge is 0.149 e. The predicted octanol–water partition coefficient (Wildman–Crippen LogP) is 0.839. The summed E-state index contributed by atoms with van der Waals surface area (Å²) >= 11 is 0. The van der Waals surface area contributed by atoms with Crippen LogP contribution >= 0.6 is 0 Å². The Morgan fingerprint density at radius 3 is 2.94 bits per heavy atom. The van der Waals surface area contributed by atoms with Crippen molar-refractivity contribution in [2.45, 2.75) is 6.42 Å². The van der Waals surface area contributed by atoms with E-state index in [0.29, 0.717) is 18.7 Å². The number of nitrogens with two attached hydrogens (primary N) is 1. The molecule has 5 nitrogen and oxygen atoms in total. The first-order valence-electron chi connectivity index (χ1n) is 4.76. The molecule has 2 rings (SSSR count). The van der Waals surface area contributed by atoms with Crippen molar-refractivity contribution in [1.29, 1.82) is 0 Å². The summed E-state index contributed by atoms with van der Waals surface area (Å²) in [7, 11) is 0. The molecule has 0 aliphatic carbocycles. The average molecular weight is 222 g/mol. The minimum Gasteiger partial charge on any atom is -0.304 e. The standard InChI is InChI=1S/C10H11FN4O/c11-9-5-8(3-4-16-12)1-2-10(9)15-7-13-6-14-15/h1-2,5-7H,3-4,12H2. The van der Waals surface area contributed by atoms with Gasteiger partial charge in [0, 0.05) is 0 Å². The fourth-order valence-corrected chi connectivity index (χ4v) is 1.40. The van der Waals surface area contributed by atoms with Gasteiger partial charge >= 0.3 is 0 Å². The number of hydrogen-bond acceptors (Lipinski definition) is 4. The maximum atomic E-state index is 13.7. The molecule has 0 spiro atoms. The first kappa shape index (κ1) is 10.7. The second-order valence-electron chi connectivity index (χ2n) is 3.25. The number of hydrogen-bond donors (Lipinski definition) is 1. The zero-order chi connectivity index (χ0) is 11.4. The molecule has 0 atom stereocenters. The SMILES string of the molecule is NOCCc1ccc(-n2cncn2)c(F)c1. The van der Waals surface area contributed by atoms with Gasteiger partial charge in [-0.2, -0.15) is 5.10 Å². The Bertz CT molecular complexity index is 458. The maximum Gasteiger partial charge on any atom is 0.149 e. The van der Waals surface area contributed by atoms with E-state index in [2.05, 4.69) is 14.9 Å². The molecule has 1 aromatic heterocycles. The van der Waals surface area contributed by atoms with Gasteiger partial charge in [-0.1, -0.05) is 6.07 Å². The van der Waals surface area contributed by atoms with E-state index in [0.717, 1.165) is 5.56 Å². The van der Waals surface area contributed by atoms with E-state index in [4.69, 9.17) is 5.90 Å². The molecule has 1 heterocycles. The average Bonchev–Trinajstić information content (AvgIpc) is 2.80. The Balaban J connectivity index is 2.23.